The Bertz CT molecular complexity index is 474. The van der Waals surface area contributed by atoms with E-state index in [1.807, 2.05) is 0 Å². The van der Waals surface area contributed by atoms with Crippen LogP contribution in [0.25, 0.3) is 0 Å². The third-order valence-electron chi connectivity index (χ3n) is 6.19. The standard InChI is InChI=1S/C16H22BrNO3/c1-7-2-4-8(5-3-7)18-15(19)11-9-6-10-12(11)16(20)21-14(10)13(9)17/h7-14H,2-6H2,1H3,(H,18,19)/t7?,8?,9-,10-,11-,12+,13+,14+/m1/s1. The van der Waals surface area contributed by atoms with E-state index in [0.29, 0.717) is 6.04 Å². The van der Waals surface area contributed by atoms with Crippen LogP contribution in [-0.2, 0) is 14.3 Å². The number of nitrogens with one attached hydrogen (secondary N) is 1. The van der Waals surface area contributed by atoms with Crippen molar-refractivity contribution in [3.63, 3.8) is 0 Å². The predicted molar refractivity (Wildman–Crippen MR) is 80.7 cm³/mol. The van der Waals surface area contributed by atoms with Gasteiger partial charge in [0.25, 0.3) is 0 Å². The average molecular weight is 356 g/mol. The van der Waals surface area contributed by atoms with E-state index in [1.54, 1.807) is 0 Å². The molecule has 21 heavy (non-hydrogen) atoms. The van der Waals surface area contributed by atoms with Crippen molar-refractivity contribution in [1.29, 1.82) is 0 Å². The maximum Gasteiger partial charge on any atom is 0.310 e. The summed E-state index contributed by atoms with van der Waals surface area (Å²) in [6.45, 7) is 2.28. The summed E-state index contributed by atoms with van der Waals surface area (Å²) < 4.78 is 5.47. The van der Waals surface area contributed by atoms with Crippen molar-refractivity contribution in [2.45, 2.75) is 56.0 Å². The Morgan fingerprint density at radius 3 is 2.67 bits per heavy atom. The van der Waals surface area contributed by atoms with E-state index in [0.717, 1.165) is 25.2 Å². The van der Waals surface area contributed by atoms with Crippen LogP contribution in [0.15, 0.2) is 0 Å². The van der Waals surface area contributed by atoms with Gasteiger partial charge in [-0.1, -0.05) is 22.9 Å². The molecule has 1 aliphatic heterocycles. The van der Waals surface area contributed by atoms with Gasteiger partial charge in [-0.25, -0.2) is 0 Å². The smallest absolute Gasteiger partial charge is 0.310 e. The molecule has 0 aromatic rings. The van der Waals surface area contributed by atoms with Gasteiger partial charge >= 0.3 is 5.97 Å². The molecule has 3 aliphatic carbocycles. The third-order valence-corrected chi connectivity index (χ3v) is 7.39. The Balaban J connectivity index is 1.46. The normalized spacial score (nSPS) is 51.0. The molecule has 0 unspecified atom stereocenters. The molecule has 0 aromatic heterocycles. The van der Waals surface area contributed by atoms with E-state index in [9.17, 15) is 9.59 Å². The van der Waals surface area contributed by atoms with Crippen LogP contribution in [0, 0.1) is 29.6 Å². The van der Waals surface area contributed by atoms with Crippen molar-refractivity contribution in [2.24, 2.45) is 29.6 Å². The zero-order chi connectivity index (χ0) is 14.7. The van der Waals surface area contributed by atoms with Crippen molar-refractivity contribution in [1.82, 2.24) is 5.32 Å². The molecular formula is C16H22BrNO3. The molecule has 4 fully saturated rings. The van der Waals surface area contributed by atoms with Gasteiger partial charge in [0.15, 0.2) is 0 Å². The minimum absolute atomic E-state index is 0.00656. The molecule has 2 bridgehead atoms. The van der Waals surface area contributed by atoms with Crippen molar-refractivity contribution in [3.05, 3.63) is 0 Å². The van der Waals surface area contributed by atoms with E-state index in [2.05, 4.69) is 28.2 Å². The molecule has 4 aliphatic rings. The molecule has 116 valence electrons. The summed E-state index contributed by atoms with van der Waals surface area (Å²) in [6, 6.07) is 0.301. The first-order valence-electron chi connectivity index (χ1n) is 8.21. The zero-order valence-corrected chi connectivity index (χ0v) is 13.8. The van der Waals surface area contributed by atoms with E-state index >= 15 is 0 Å². The number of alkyl halides is 1. The Morgan fingerprint density at radius 1 is 1.24 bits per heavy atom. The molecule has 6 atom stereocenters. The highest BCUT2D eigenvalue weighted by molar-refractivity contribution is 9.09. The Labute approximate surface area is 133 Å². The summed E-state index contributed by atoms with van der Waals surface area (Å²) >= 11 is 3.66. The summed E-state index contributed by atoms with van der Waals surface area (Å²) in [4.78, 5) is 24.9. The second-order valence-corrected chi connectivity index (χ2v) is 8.48. The zero-order valence-electron chi connectivity index (χ0n) is 12.3. The minimum Gasteiger partial charge on any atom is -0.461 e. The number of fused-ring (bicyclic) bond motifs is 1. The number of rotatable bonds is 2. The number of hydrogen-bond acceptors (Lipinski definition) is 3. The van der Waals surface area contributed by atoms with Crippen LogP contribution in [0.1, 0.15) is 39.0 Å². The summed E-state index contributed by atoms with van der Waals surface area (Å²) in [6.07, 6.45) is 5.49. The molecule has 0 spiro atoms. The fourth-order valence-electron chi connectivity index (χ4n) is 5.03. The topological polar surface area (TPSA) is 55.4 Å². The monoisotopic (exact) mass is 355 g/mol. The van der Waals surface area contributed by atoms with E-state index < -0.39 is 0 Å². The second kappa shape index (κ2) is 4.97. The third kappa shape index (κ3) is 2.07. The summed E-state index contributed by atoms with van der Waals surface area (Å²) in [7, 11) is 0. The van der Waals surface area contributed by atoms with Gasteiger partial charge in [0.2, 0.25) is 5.91 Å². The molecule has 1 heterocycles. The lowest BCUT2D eigenvalue weighted by molar-refractivity contribution is -0.146. The number of hydrogen-bond donors (Lipinski definition) is 1. The van der Waals surface area contributed by atoms with E-state index in [-0.39, 0.29) is 46.5 Å². The SMILES string of the molecule is CC1CCC(NC(=O)[C@@H]2[C@H]3C[C@H]4[C@H](OC(=O)[C@@H]42)[C@H]3Br)CC1. The first-order valence-corrected chi connectivity index (χ1v) is 9.12. The number of amides is 1. The van der Waals surface area contributed by atoms with Crippen LogP contribution in [0.5, 0.6) is 0 Å². The highest BCUT2D eigenvalue weighted by atomic mass is 79.9. The summed E-state index contributed by atoms with van der Waals surface area (Å²) in [5.74, 6) is 0.882. The lowest BCUT2D eigenvalue weighted by Crippen LogP contribution is -2.47. The van der Waals surface area contributed by atoms with Crippen LogP contribution in [0.4, 0.5) is 0 Å². The number of esters is 1. The second-order valence-electron chi connectivity index (χ2n) is 7.43. The first-order chi connectivity index (χ1) is 10.1. The van der Waals surface area contributed by atoms with Gasteiger partial charge in [-0.2, -0.15) is 0 Å². The lowest BCUT2D eigenvalue weighted by Gasteiger charge is -2.31. The molecule has 4 nitrogen and oxygen atoms in total. The fraction of sp³-hybridized carbons (Fsp3) is 0.875. The Morgan fingerprint density at radius 2 is 1.95 bits per heavy atom. The fourth-order valence-corrected chi connectivity index (χ4v) is 6.08. The van der Waals surface area contributed by atoms with Crippen molar-refractivity contribution < 1.29 is 14.3 Å². The van der Waals surface area contributed by atoms with Crippen LogP contribution < -0.4 is 5.32 Å². The predicted octanol–water partition coefficient (Wildman–Crippen LogP) is 2.25. The first kappa shape index (κ1) is 14.0. The largest absolute Gasteiger partial charge is 0.461 e. The summed E-state index contributed by atoms with van der Waals surface area (Å²) in [5, 5.41) is 3.22. The molecule has 3 saturated carbocycles. The highest BCUT2D eigenvalue weighted by Crippen LogP contribution is 2.59. The molecule has 4 rings (SSSR count). The van der Waals surface area contributed by atoms with Crippen LogP contribution >= 0.6 is 15.9 Å². The van der Waals surface area contributed by atoms with Gasteiger partial charge in [0.1, 0.15) is 6.10 Å². The average Bonchev–Trinajstić information content (AvgIpc) is 3.05. The maximum absolute atomic E-state index is 12.7. The molecule has 1 saturated heterocycles. The molecule has 0 radical (unpaired) electrons. The van der Waals surface area contributed by atoms with Crippen molar-refractivity contribution in [3.8, 4) is 0 Å². The number of ether oxygens (including phenoxy) is 1. The van der Waals surface area contributed by atoms with Crippen LogP contribution in [0.3, 0.4) is 0 Å². The van der Waals surface area contributed by atoms with Crippen molar-refractivity contribution in [2.75, 3.05) is 0 Å². The Hall–Kier alpha value is -0.580. The van der Waals surface area contributed by atoms with Gasteiger partial charge in [0, 0.05) is 12.0 Å². The van der Waals surface area contributed by atoms with Crippen LogP contribution in [-0.4, -0.2) is 28.8 Å². The van der Waals surface area contributed by atoms with Crippen LogP contribution in [0.2, 0.25) is 0 Å². The van der Waals surface area contributed by atoms with E-state index in [1.165, 1.54) is 12.8 Å². The summed E-state index contributed by atoms with van der Waals surface area (Å²) in [5.41, 5.74) is 0. The minimum atomic E-state index is -0.184. The molecule has 0 aromatic carbocycles. The van der Waals surface area contributed by atoms with Gasteiger partial charge in [-0.05, 0) is 43.9 Å². The Kier molecular flexibility index (Phi) is 3.32. The quantitative estimate of drug-likeness (QED) is 0.610. The van der Waals surface area contributed by atoms with Crippen molar-refractivity contribution >= 4 is 27.8 Å². The molecular weight excluding hydrogens is 334 g/mol. The highest BCUT2D eigenvalue weighted by Gasteiger charge is 2.67. The lowest BCUT2D eigenvalue weighted by atomic mass is 9.79. The van der Waals surface area contributed by atoms with Gasteiger partial charge in [0.05, 0.1) is 16.7 Å². The van der Waals surface area contributed by atoms with Gasteiger partial charge < -0.3 is 10.1 Å². The van der Waals surface area contributed by atoms with Gasteiger partial charge in [-0.3, -0.25) is 9.59 Å². The van der Waals surface area contributed by atoms with E-state index in [4.69, 9.17) is 4.74 Å². The van der Waals surface area contributed by atoms with Gasteiger partial charge in [-0.15, -0.1) is 0 Å². The molecule has 1 amide bonds. The molecule has 1 N–H and O–H groups in total. The maximum atomic E-state index is 12.7. The molecule has 5 heteroatoms. The number of halogens is 1. The number of carbonyl (C=O) groups excluding carboxylic acids is 2. The number of carbonyl (C=O) groups is 2.